The maximum Gasteiger partial charge on any atom is 0.0875 e. The van der Waals surface area contributed by atoms with Gasteiger partial charge < -0.3 is 9.47 Å². The molecule has 0 amide bonds. The van der Waals surface area contributed by atoms with E-state index in [4.69, 9.17) is 9.47 Å². The molecule has 0 spiro atoms. The standard InChI is InChI=1S/C29H48O2/c1-27(2,9-7-17-11-19-13-21(17)25-23(19)30-25)15-29(5,6)16-28(3,4)10-8-18-12-20-14-22(18)26-24(20)31-26/h17-26H,7-16H2,1-6H3. The minimum atomic E-state index is 0.422. The van der Waals surface area contributed by atoms with Crippen LogP contribution in [0.15, 0.2) is 0 Å². The summed E-state index contributed by atoms with van der Waals surface area (Å²) in [7, 11) is 0. The van der Waals surface area contributed by atoms with Crippen molar-refractivity contribution in [3.8, 4) is 0 Å². The van der Waals surface area contributed by atoms with Crippen LogP contribution in [-0.4, -0.2) is 24.4 Å². The van der Waals surface area contributed by atoms with Crippen molar-refractivity contribution in [1.29, 1.82) is 0 Å². The predicted molar refractivity (Wildman–Crippen MR) is 126 cm³/mol. The Morgan fingerprint density at radius 2 is 0.968 bits per heavy atom. The van der Waals surface area contributed by atoms with Crippen molar-refractivity contribution in [2.45, 2.75) is 130 Å². The van der Waals surface area contributed by atoms with E-state index in [0.717, 1.165) is 35.5 Å². The topological polar surface area (TPSA) is 25.1 Å². The van der Waals surface area contributed by atoms with Gasteiger partial charge in [0.15, 0.2) is 0 Å². The molecule has 176 valence electrons. The first-order chi connectivity index (χ1) is 14.5. The van der Waals surface area contributed by atoms with Crippen LogP contribution in [0.1, 0.15) is 106 Å². The molecule has 10 unspecified atom stereocenters. The van der Waals surface area contributed by atoms with Gasteiger partial charge in [0.1, 0.15) is 0 Å². The van der Waals surface area contributed by atoms with Crippen LogP contribution in [-0.2, 0) is 9.47 Å². The number of epoxide rings is 2. The highest BCUT2D eigenvalue weighted by molar-refractivity contribution is 5.11. The zero-order valence-electron chi connectivity index (χ0n) is 21.2. The molecule has 2 saturated heterocycles. The summed E-state index contributed by atoms with van der Waals surface area (Å²) in [5, 5.41) is 0. The SMILES string of the molecule is CC(C)(CCC1CC2CC1C1OC21)CC(C)(C)CC(C)(C)CCC1CC2CC1C1OC21. The van der Waals surface area contributed by atoms with E-state index < -0.39 is 0 Å². The molecule has 4 aliphatic carbocycles. The monoisotopic (exact) mass is 428 g/mol. The molecule has 0 N–H and O–H groups in total. The van der Waals surface area contributed by atoms with Crippen molar-refractivity contribution in [3.05, 3.63) is 0 Å². The number of hydrogen-bond donors (Lipinski definition) is 0. The van der Waals surface area contributed by atoms with Gasteiger partial charge in [-0.3, -0.25) is 0 Å². The number of fused-ring (bicyclic) bond motifs is 10. The van der Waals surface area contributed by atoms with Crippen LogP contribution in [0.2, 0.25) is 0 Å². The van der Waals surface area contributed by atoms with E-state index in [1.54, 1.807) is 0 Å². The molecule has 10 atom stereocenters. The Hall–Kier alpha value is -0.0800. The van der Waals surface area contributed by atoms with Gasteiger partial charge in [0.2, 0.25) is 0 Å². The first kappa shape index (κ1) is 21.5. The van der Waals surface area contributed by atoms with E-state index in [9.17, 15) is 0 Å². The van der Waals surface area contributed by atoms with Crippen molar-refractivity contribution in [3.63, 3.8) is 0 Å². The Labute approximate surface area is 191 Å². The number of hydrogen-bond acceptors (Lipinski definition) is 2. The van der Waals surface area contributed by atoms with Crippen LogP contribution < -0.4 is 0 Å². The molecular formula is C29H48O2. The maximum atomic E-state index is 5.91. The third-order valence-corrected chi connectivity index (χ3v) is 10.8. The first-order valence-corrected chi connectivity index (χ1v) is 13.8. The van der Waals surface area contributed by atoms with Crippen LogP contribution in [0.3, 0.4) is 0 Å². The summed E-state index contributed by atoms with van der Waals surface area (Å²) < 4.78 is 11.8. The van der Waals surface area contributed by atoms with Crippen molar-refractivity contribution < 1.29 is 9.47 Å². The summed E-state index contributed by atoms with van der Waals surface area (Å²) in [4.78, 5) is 0. The highest BCUT2D eigenvalue weighted by Crippen LogP contribution is 2.61. The van der Waals surface area contributed by atoms with Crippen molar-refractivity contribution in [2.75, 3.05) is 0 Å². The van der Waals surface area contributed by atoms with Gasteiger partial charge in [-0.15, -0.1) is 0 Å². The van der Waals surface area contributed by atoms with Gasteiger partial charge in [-0.1, -0.05) is 41.5 Å². The molecule has 6 rings (SSSR count). The zero-order chi connectivity index (χ0) is 21.8. The Balaban J connectivity index is 0.970. The highest BCUT2D eigenvalue weighted by Gasteiger charge is 2.63. The molecule has 2 aliphatic heterocycles. The lowest BCUT2D eigenvalue weighted by molar-refractivity contribution is 0.100. The van der Waals surface area contributed by atoms with Crippen molar-refractivity contribution in [1.82, 2.24) is 0 Å². The fourth-order valence-electron chi connectivity index (χ4n) is 10.1. The van der Waals surface area contributed by atoms with Crippen molar-refractivity contribution >= 4 is 0 Å². The molecule has 31 heavy (non-hydrogen) atoms. The molecule has 2 heterocycles. The Kier molecular flexibility index (Phi) is 4.82. The maximum absolute atomic E-state index is 5.91. The normalized spacial score (nSPS) is 47.0. The van der Waals surface area contributed by atoms with Gasteiger partial charge in [-0.2, -0.15) is 0 Å². The van der Waals surface area contributed by atoms with E-state index in [1.807, 2.05) is 0 Å². The molecule has 0 aromatic rings. The molecule has 0 radical (unpaired) electrons. The first-order valence-electron chi connectivity index (χ1n) is 13.8. The van der Waals surface area contributed by atoms with Gasteiger partial charge in [-0.25, -0.2) is 0 Å². The van der Waals surface area contributed by atoms with Gasteiger partial charge in [0.25, 0.3) is 0 Å². The van der Waals surface area contributed by atoms with Crippen LogP contribution >= 0.6 is 0 Å². The lowest BCUT2D eigenvalue weighted by Crippen LogP contribution is -2.30. The summed E-state index contributed by atoms with van der Waals surface area (Å²) in [6.45, 7) is 15.3. The minimum absolute atomic E-state index is 0.422. The average Bonchev–Trinajstić information content (AvgIpc) is 3.48. The van der Waals surface area contributed by atoms with E-state index in [0.29, 0.717) is 40.7 Å². The number of ether oxygens (including phenoxy) is 2. The third kappa shape index (κ3) is 4.05. The van der Waals surface area contributed by atoms with Crippen molar-refractivity contribution in [2.24, 2.45) is 51.8 Å². The molecule has 0 aromatic heterocycles. The summed E-state index contributed by atoms with van der Waals surface area (Å²) in [6, 6.07) is 0. The van der Waals surface area contributed by atoms with E-state index in [-0.39, 0.29) is 0 Å². The molecule has 2 heteroatoms. The van der Waals surface area contributed by atoms with E-state index >= 15 is 0 Å². The lowest BCUT2D eigenvalue weighted by Gasteiger charge is -2.41. The van der Waals surface area contributed by atoms with Gasteiger partial charge >= 0.3 is 0 Å². The largest absolute Gasteiger partial charge is 0.369 e. The van der Waals surface area contributed by atoms with Crippen LogP contribution in [0.5, 0.6) is 0 Å². The van der Waals surface area contributed by atoms with Crippen LogP contribution in [0.4, 0.5) is 0 Å². The second-order valence-corrected chi connectivity index (χ2v) is 15.4. The summed E-state index contributed by atoms with van der Waals surface area (Å²) >= 11 is 0. The van der Waals surface area contributed by atoms with Crippen LogP contribution in [0, 0.1) is 51.8 Å². The molecule has 0 aromatic carbocycles. The Bertz CT molecular complexity index is 650. The lowest BCUT2D eigenvalue weighted by atomic mass is 9.64. The number of rotatable bonds is 10. The third-order valence-electron chi connectivity index (χ3n) is 10.8. The molecule has 4 saturated carbocycles. The van der Waals surface area contributed by atoms with Gasteiger partial charge in [-0.05, 0) is 116 Å². The zero-order valence-corrected chi connectivity index (χ0v) is 21.2. The van der Waals surface area contributed by atoms with Gasteiger partial charge in [0.05, 0.1) is 24.4 Å². The summed E-state index contributed by atoms with van der Waals surface area (Å²) in [5.74, 6) is 5.61. The molecule has 2 nitrogen and oxygen atoms in total. The predicted octanol–water partition coefficient (Wildman–Crippen LogP) is 7.25. The fourth-order valence-corrected chi connectivity index (χ4v) is 10.1. The van der Waals surface area contributed by atoms with Gasteiger partial charge in [0, 0.05) is 0 Å². The van der Waals surface area contributed by atoms with E-state index in [2.05, 4.69) is 41.5 Å². The molecule has 6 fully saturated rings. The Morgan fingerprint density at radius 3 is 1.32 bits per heavy atom. The smallest absolute Gasteiger partial charge is 0.0875 e. The highest BCUT2D eigenvalue weighted by atomic mass is 16.6. The van der Waals surface area contributed by atoms with Crippen LogP contribution in [0.25, 0.3) is 0 Å². The average molecular weight is 429 g/mol. The summed E-state index contributed by atoms with van der Waals surface area (Å²) in [6.07, 6.45) is 17.0. The molecule has 6 aliphatic rings. The molecule has 4 bridgehead atoms. The van der Waals surface area contributed by atoms with E-state index in [1.165, 1.54) is 64.2 Å². The Morgan fingerprint density at radius 1 is 0.548 bits per heavy atom. The fraction of sp³-hybridized carbons (Fsp3) is 1.00. The molecular weight excluding hydrogens is 380 g/mol. The summed E-state index contributed by atoms with van der Waals surface area (Å²) in [5.41, 5.74) is 1.33. The minimum Gasteiger partial charge on any atom is -0.369 e. The quantitative estimate of drug-likeness (QED) is 0.342. The second-order valence-electron chi connectivity index (χ2n) is 15.4. The second kappa shape index (κ2) is 6.97.